The van der Waals surface area contributed by atoms with Crippen LogP contribution < -0.4 is 0 Å². The van der Waals surface area contributed by atoms with Gasteiger partial charge in [0.2, 0.25) is 0 Å². The lowest BCUT2D eigenvalue weighted by Gasteiger charge is -2.26. The number of methoxy groups -OCH3 is 1. The Kier molecular flexibility index (Phi) is 1.80. The highest BCUT2D eigenvalue weighted by atomic mass is 16.5. The second-order valence-corrected chi connectivity index (χ2v) is 4.45. The van der Waals surface area contributed by atoms with Crippen molar-refractivity contribution in [2.24, 2.45) is 5.41 Å². The molecule has 1 heteroatoms. The molecule has 0 unspecified atom stereocenters. The zero-order valence-electron chi connectivity index (χ0n) is 7.53. The fraction of sp³-hybridized carbons (Fsp3) is 1.00. The fourth-order valence-electron chi connectivity index (χ4n) is 1.49. The van der Waals surface area contributed by atoms with Crippen molar-refractivity contribution >= 4 is 0 Å². The molecule has 1 aliphatic carbocycles. The molecular formula is C9H18O. The molecule has 0 aliphatic heterocycles. The molecule has 0 aromatic carbocycles. The second kappa shape index (κ2) is 2.23. The van der Waals surface area contributed by atoms with Crippen LogP contribution in [0.5, 0.6) is 0 Å². The molecule has 0 spiro atoms. The van der Waals surface area contributed by atoms with Crippen LogP contribution in [0.4, 0.5) is 0 Å². The molecule has 1 rings (SSSR count). The molecule has 60 valence electrons. The lowest BCUT2D eigenvalue weighted by molar-refractivity contribution is 0.000454. The maximum atomic E-state index is 5.35. The lowest BCUT2D eigenvalue weighted by Crippen LogP contribution is -2.25. The third-order valence-corrected chi connectivity index (χ3v) is 2.51. The van der Waals surface area contributed by atoms with E-state index in [2.05, 4.69) is 20.8 Å². The van der Waals surface area contributed by atoms with Crippen LogP contribution in [0.2, 0.25) is 0 Å². The summed E-state index contributed by atoms with van der Waals surface area (Å²) in [7, 11) is 1.80. The average molecular weight is 142 g/mol. The summed E-state index contributed by atoms with van der Waals surface area (Å²) in [5.74, 6) is 0. The second-order valence-electron chi connectivity index (χ2n) is 4.45. The van der Waals surface area contributed by atoms with E-state index in [4.69, 9.17) is 4.74 Å². The summed E-state index contributed by atoms with van der Waals surface area (Å²) >= 11 is 0. The number of rotatable bonds is 3. The smallest absolute Gasteiger partial charge is 0.0627 e. The van der Waals surface area contributed by atoms with Gasteiger partial charge in [-0.15, -0.1) is 0 Å². The third-order valence-electron chi connectivity index (χ3n) is 2.51. The molecule has 0 saturated heterocycles. The van der Waals surface area contributed by atoms with Gasteiger partial charge in [0, 0.05) is 7.11 Å². The van der Waals surface area contributed by atoms with Crippen molar-refractivity contribution < 1.29 is 4.74 Å². The van der Waals surface area contributed by atoms with Gasteiger partial charge in [-0.3, -0.25) is 0 Å². The fourth-order valence-corrected chi connectivity index (χ4v) is 1.49. The van der Waals surface area contributed by atoms with Crippen LogP contribution in [-0.2, 0) is 4.74 Å². The monoisotopic (exact) mass is 142 g/mol. The van der Waals surface area contributed by atoms with Crippen molar-refractivity contribution in [1.29, 1.82) is 0 Å². The highest BCUT2D eigenvalue weighted by Gasteiger charge is 2.41. The van der Waals surface area contributed by atoms with Crippen LogP contribution in [0.25, 0.3) is 0 Å². The Bertz CT molecular complexity index is 123. The Morgan fingerprint density at radius 2 is 1.90 bits per heavy atom. The van der Waals surface area contributed by atoms with Gasteiger partial charge in [-0.2, -0.15) is 0 Å². The van der Waals surface area contributed by atoms with Crippen LogP contribution >= 0.6 is 0 Å². The van der Waals surface area contributed by atoms with Gasteiger partial charge in [0.05, 0.1) is 5.60 Å². The minimum absolute atomic E-state index is 0.0885. The van der Waals surface area contributed by atoms with Crippen LogP contribution in [0.3, 0.4) is 0 Å². The zero-order chi connectivity index (χ0) is 7.83. The van der Waals surface area contributed by atoms with Crippen molar-refractivity contribution in [3.05, 3.63) is 0 Å². The molecule has 1 nitrogen and oxygen atoms in total. The molecule has 0 amide bonds. The van der Waals surface area contributed by atoms with Crippen molar-refractivity contribution in [2.45, 2.75) is 45.6 Å². The van der Waals surface area contributed by atoms with Gasteiger partial charge >= 0.3 is 0 Å². The van der Waals surface area contributed by atoms with Gasteiger partial charge in [0.15, 0.2) is 0 Å². The van der Waals surface area contributed by atoms with E-state index in [0.717, 1.165) is 0 Å². The van der Waals surface area contributed by atoms with Crippen molar-refractivity contribution in [3.63, 3.8) is 0 Å². The zero-order valence-corrected chi connectivity index (χ0v) is 7.53. The predicted octanol–water partition coefficient (Wildman–Crippen LogP) is 2.60. The van der Waals surface area contributed by atoms with E-state index in [1.54, 1.807) is 7.11 Å². The third kappa shape index (κ3) is 1.98. The largest absolute Gasteiger partial charge is 0.379 e. The maximum absolute atomic E-state index is 5.35. The summed E-state index contributed by atoms with van der Waals surface area (Å²) < 4.78 is 5.35. The Morgan fingerprint density at radius 1 is 1.40 bits per heavy atom. The number of ether oxygens (including phenoxy) is 1. The first-order valence-corrected chi connectivity index (χ1v) is 4.03. The minimum Gasteiger partial charge on any atom is -0.379 e. The van der Waals surface area contributed by atoms with Crippen LogP contribution in [0, 0.1) is 5.41 Å². The van der Waals surface area contributed by atoms with Gasteiger partial charge in [-0.25, -0.2) is 0 Å². The Hall–Kier alpha value is -0.0400. The van der Waals surface area contributed by atoms with Gasteiger partial charge < -0.3 is 4.74 Å². The molecule has 0 heterocycles. The summed E-state index contributed by atoms with van der Waals surface area (Å²) in [6.45, 7) is 6.67. The summed E-state index contributed by atoms with van der Waals surface area (Å²) in [5, 5.41) is 0. The van der Waals surface area contributed by atoms with Gasteiger partial charge in [0.1, 0.15) is 0 Å². The normalized spacial score (nSPS) is 22.8. The maximum Gasteiger partial charge on any atom is 0.0627 e. The summed E-state index contributed by atoms with van der Waals surface area (Å²) in [6, 6.07) is 0. The van der Waals surface area contributed by atoms with Crippen molar-refractivity contribution in [3.8, 4) is 0 Å². The highest BCUT2D eigenvalue weighted by molar-refractivity contribution is 4.93. The predicted molar refractivity (Wildman–Crippen MR) is 43.0 cm³/mol. The lowest BCUT2D eigenvalue weighted by atomic mass is 9.92. The van der Waals surface area contributed by atoms with Crippen molar-refractivity contribution in [2.75, 3.05) is 7.11 Å². The van der Waals surface area contributed by atoms with Gasteiger partial charge in [-0.05, 0) is 38.5 Å². The first-order valence-electron chi connectivity index (χ1n) is 4.03. The van der Waals surface area contributed by atoms with E-state index in [1.165, 1.54) is 19.3 Å². The first kappa shape index (κ1) is 8.06. The molecule has 0 N–H and O–H groups in total. The average Bonchev–Trinajstić information content (AvgIpc) is 2.47. The van der Waals surface area contributed by atoms with Crippen molar-refractivity contribution in [1.82, 2.24) is 0 Å². The molecule has 1 aliphatic rings. The summed E-state index contributed by atoms with van der Waals surface area (Å²) in [4.78, 5) is 0. The Balaban J connectivity index is 2.36. The van der Waals surface area contributed by atoms with Gasteiger partial charge in [-0.1, -0.05) is 6.92 Å². The molecule has 10 heavy (non-hydrogen) atoms. The molecule has 0 radical (unpaired) electrons. The number of hydrogen-bond acceptors (Lipinski definition) is 1. The van der Waals surface area contributed by atoms with E-state index in [9.17, 15) is 0 Å². The van der Waals surface area contributed by atoms with Crippen LogP contribution in [-0.4, -0.2) is 12.7 Å². The molecular weight excluding hydrogens is 124 g/mol. The molecule has 1 saturated carbocycles. The van der Waals surface area contributed by atoms with Crippen LogP contribution in [0.1, 0.15) is 40.0 Å². The van der Waals surface area contributed by atoms with E-state index >= 15 is 0 Å². The quantitative estimate of drug-likeness (QED) is 0.588. The van der Waals surface area contributed by atoms with Crippen LogP contribution in [0.15, 0.2) is 0 Å². The SMILES string of the molecule is COC(C)(C)CC1(C)CC1. The molecule has 0 bridgehead atoms. The standard InChI is InChI=1S/C9H18O/c1-8(2,10-4)7-9(3)5-6-9/h5-7H2,1-4H3. The van der Waals surface area contributed by atoms with E-state index in [0.29, 0.717) is 5.41 Å². The van der Waals surface area contributed by atoms with E-state index in [1.807, 2.05) is 0 Å². The summed E-state index contributed by atoms with van der Waals surface area (Å²) in [6.07, 6.45) is 3.98. The molecule has 0 atom stereocenters. The summed E-state index contributed by atoms with van der Waals surface area (Å²) in [5.41, 5.74) is 0.699. The minimum atomic E-state index is 0.0885. The van der Waals surface area contributed by atoms with E-state index in [-0.39, 0.29) is 5.60 Å². The highest BCUT2D eigenvalue weighted by Crippen LogP contribution is 2.51. The topological polar surface area (TPSA) is 9.23 Å². The molecule has 1 fully saturated rings. The Morgan fingerprint density at radius 3 is 2.20 bits per heavy atom. The van der Waals surface area contributed by atoms with E-state index < -0.39 is 0 Å². The van der Waals surface area contributed by atoms with Gasteiger partial charge in [0.25, 0.3) is 0 Å². The molecule has 0 aromatic rings. The Labute approximate surface area is 63.8 Å². The molecule has 0 aromatic heterocycles. The number of hydrogen-bond donors (Lipinski definition) is 0. The first-order chi connectivity index (χ1) is 4.47.